The van der Waals surface area contributed by atoms with E-state index < -0.39 is 0 Å². The van der Waals surface area contributed by atoms with Crippen LogP contribution in [0.4, 0.5) is 0 Å². The number of carbonyl (C=O) groups excluding carboxylic acids is 1. The lowest BCUT2D eigenvalue weighted by molar-refractivity contribution is 0.0976. The van der Waals surface area contributed by atoms with Gasteiger partial charge in [-0.1, -0.05) is 39.0 Å². The Labute approximate surface area is 110 Å². The monoisotopic (exact) mass is 249 g/mol. The normalized spacial score (nSPS) is 10.3. The van der Waals surface area contributed by atoms with Gasteiger partial charge < -0.3 is 4.74 Å². The Bertz CT molecular complexity index is 363. The fourth-order valence-electron chi connectivity index (χ4n) is 1.97. The Morgan fingerprint density at radius 1 is 1.22 bits per heavy atom. The summed E-state index contributed by atoms with van der Waals surface area (Å²) >= 11 is 0. The highest BCUT2D eigenvalue weighted by molar-refractivity contribution is 5.98. The highest BCUT2D eigenvalue weighted by Crippen LogP contribution is 2.19. The van der Waals surface area contributed by atoms with Gasteiger partial charge in [0, 0.05) is 12.6 Å². The predicted octanol–water partition coefficient (Wildman–Crippen LogP) is 4.02. The lowest BCUT2D eigenvalue weighted by atomic mass is 10.0. The van der Waals surface area contributed by atoms with E-state index in [1.54, 1.807) is 25.6 Å². The van der Waals surface area contributed by atoms with Crippen molar-refractivity contribution in [1.29, 1.82) is 0 Å². The van der Waals surface area contributed by atoms with Crippen LogP contribution in [0.25, 0.3) is 0 Å². The first-order chi connectivity index (χ1) is 8.79. The van der Waals surface area contributed by atoms with Crippen molar-refractivity contribution < 1.29 is 9.53 Å². The van der Waals surface area contributed by atoms with Crippen molar-refractivity contribution in [3.05, 3.63) is 24.0 Å². The molecule has 0 radical (unpaired) electrons. The highest BCUT2D eigenvalue weighted by Gasteiger charge is 2.11. The Morgan fingerprint density at radius 3 is 2.67 bits per heavy atom. The fraction of sp³-hybridized carbons (Fsp3) is 0.600. The largest absolute Gasteiger partial charge is 0.494 e. The molecule has 1 heterocycles. The van der Waals surface area contributed by atoms with E-state index >= 15 is 0 Å². The summed E-state index contributed by atoms with van der Waals surface area (Å²) in [5.74, 6) is 0.734. The molecule has 0 aliphatic rings. The van der Waals surface area contributed by atoms with Gasteiger partial charge in [-0.05, 0) is 12.5 Å². The van der Waals surface area contributed by atoms with Gasteiger partial charge in [-0.3, -0.25) is 9.78 Å². The van der Waals surface area contributed by atoms with Crippen molar-refractivity contribution in [1.82, 2.24) is 4.98 Å². The van der Waals surface area contributed by atoms with Crippen LogP contribution < -0.4 is 4.74 Å². The van der Waals surface area contributed by atoms with E-state index in [2.05, 4.69) is 11.9 Å². The van der Waals surface area contributed by atoms with Gasteiger partial charge in [0.1, 0.15) is 5.75 Å². The molecule has 0 aromatic carbocycles. The Balaban J connectivity index is 2.32. The van der Waals surface area contributed by atoms with Gasteiger partial charge in [-0.2, -0.15) is 0 Å². The van der Waals surface area contributed by atoms with Crippen molar-refractivity contribution in [2.45, 2.75) is 51.9 Å². The number of unbranched alkanes of at least 4 members (excludes halogenated alkanes) is 5. The number of ketones is 1. The Morgan fingerprint density at radius 2 is 1.94 bits per heavy atom. The van der Waals surface area contributed by atoms with E-state index in [9.17, 15) is 4.79 Å². The van der Waals surface area contributed by atoms with Gasteiger partial charge in [0.2, 0.25) is 0 Å². The van der Waals surface area contributed by atoms with Gasteiger partial charge in [-0.25, -0.2) is 0 Å². The number of aromatic nitrogens is 1. The molecule has 0 spiro atoms. The zero-order chi connectivity index (χ0) is 13.2. The van der Waals surface area contributed by atoms with Crippen LogP contribution in [0, 0.1) is 0 Å². The Hall–Kier alpha value is -1.38. The Kier molecular flexibility index (Phi) is 7.07. The molecule has 0 saturated heterocycles. The average molecular weight is 249 g/mol. The first-order valence-electron chi connectivity index (χ1n) is 6.80. The first-order valence-corrected chi connectivity index (χ1v) is 6.80. The second-order valence-electron chi connectivity index (χ2n) is 4.52. The van der Waals surface area contributed by atoms with Gasteiger partial charge in [0.05, 0.1) is 18.9 Å². The summed E-state index contributed by atoms with van der Waals surface area (Å²) in [6, 6.07) is 1.73. The maximum absolute atomic E-state index is 12.0. The maximum atomic E-state index is 12.0. The smallest absolute Gasteiger partial charge is 0.166 e. The van der Waals surface area contributed by atoms with E-state index in [-0.39, 0.29) is 5.78 Å². The molecular weight excluding hydrogens is 226 g/mol. The standard InChI is InChI=1S/C15H23NO2/c1-3-4-5-6-7-8-9-14(17)13-10-11-16-12-15(13)18-2/h10-12H,3-9H2,1-2H3. The van der Waals surface area contributed by atoms with E-state index in [4.69, 9.17) is 4.74 Å². The molecule has 100 valence electrons. The van der Waals surface area contributed by atoms with E-state index in [0.29, 0.717) is 17.7 Å². The third kappa shape index (κ3) is 4.86. The summed E-state index contributed by atoms with van der Waals surface area (Å²) in [6.07, 6.45) is 11.0. The number of nitrogens with zero attached hydrogens (tertiary/aromatic N) is 1. The van der Waals surface area contributed by atoms with Crippen LogP contribution in [0.15, 0.2) is 18.5 Å². The lowest BCUT2D eigenvalue weighted by Crippen LogP contribution is -2.02. The molecule has 1 rings (SSSR count). The summed E-state index contributed by atoms with van der Waals surface area (Å²) in [7, 11) is 1.57. The van der Waals surface area contributed by atoms with E-state index in [1.165, 1.54) is 25.7 Å². The van der Waals surface area contributed by atoms with E-state index in [0.717, 1.165) is 12.8 Å². The van der Waals surface area contributed by atoms with Crippen LogP contribution in [0.5, 0.6) is 5.75 Å². The third-order valence-corrected chi connectivity index (χ3v) is 3.06. The fourth-order valence-corrected chi connectivity index (χ4v) is 1.97. The number of ether oxygens (including phenoxy) is 1. The van der Waals surface area contributed by atoms with Crippen LogP contribution in [-0.2, 0) is 0 Å². The summed E-state index contributed by atoms with van der Waals surface area (Å²) in [6.45, 7) is 2.21. The van der Waals surface area contributed by atoms with Gasteiger partial charge >= 0.3 is 0 Å². The van der Waals surface area contributed by atoms with Gasteiger partial charge in [-0.15, -0.1) is 0 Å². The summed E-state index contributed by atoms with van der Waals surface area (Å²) in [5.41, 5.74) is 0.654. The molecule has 0 saturated carbocycles. The molecule has 0 atom stereocenters. The summed E-state index contributed by atoms with van der Waals surface area (Å²) < 4.78 is 5.14. The third-order valence-electron chi connectivity index (χ3n) is 3.06. The SMILES string of the molecule is CCCCCCCCC(=O)c1ccncc1OC. The molecule has 3 nitrogen and oxygen atoms in total. The van der Waals surface area contributed by atoms with Crippen LogP contribution in [0.1, 0.15) is 62.2 Å². The van der Waals surface area contributed by atoms with Crippen LogP contribution in [0.3, 0.4) is 0 Å². The van der Waals surface area contributed by atoms with Crippen LogP contribution in [-0.4, -0.2) is 17.9 Å². The lowest BCUT2D eigenvalue weighted by Gasteiger charge is -2.06. The molecule has 3 heteroatoms. The van der Waals surface area contributed by atoms with Crippen molar-refractivity contribution in [2.75, 3.05) is 7.11 Å². The number of pyridine rings is 1. The highest BCUT2D eigenvalue weighted by atomic mass is 16.5. The van der Waals surface area contributed by atoms with E-state index in [1.807, 2.05) is 0 Å². The molecule has 1 aromatic rings. The van der Waals surface area contributed by atoms with Crippen molar-refractivity contribution in [3.63, 3.8) is 0 Å². The maximum Gasteiger partial charge on any atom is 0.166 e. The molecule has 0 aliphatic carbocycles. The number of carbonyl (C=O) groups is 1. The summed E-state index contributed by atoms with van der Waals surface area (Å²) in [4.78, 5) is 16.0. The van der Waals surface area contributed by atoms with Crippen molar-refractivity contribution >= 4 is 5.78 Å². The number of methoxy groups -OCH3 is 1. The van der Waals surface area contributed by atoms with Crippen LogP contribution in [0.2, 0.25) is 0 Å². The zero-order valence-corrected chi connectivity index (χ0v) is 11.4. The minimum absolute atomic E-state index is 0.157. The molecule has 0 bridgehead atoms. The molecule has 1 aromatic heterocycles. The van der Waals surface area contributed by atoms with Gasteiger partial charge in [0.15, 0.2) is 5.78 Å². The van der Waals surface area contributed by atoms with Crippen molar-refractivity contribution in [3.8, 4) is 5.75 Å². The molecule has 0 aliphatic heterocycles. The number of hydrogen-bond acceptors (Lipinski definition) is 3. The number of hydrogen-bond donors (Lipinski definition) is 0. The second kappa shape index (κ2) is 8.67. The molecule has 0 unspecified atom stereocenters. The second-order valence-corrected chi connectivity index (χ2v) is 4.52. The predicted molar refractivity (Wildman–Crippen MR) is 73.1 cm³/mol. The van der Waals surface area contributed by atoms with Crippen molar-refractivity contribution in [2.24, 2.45) is 0 Å². The van der Waals surface area contributed by atoms with Gasteiger partial charge in [0.25, 0.3) is 0 Å². The molecule has 0 fully saturated rings. The minimum Gasteiger partial charge on any atom is -0.494 e. The molecular formula is C15H23NO2. The molecule has 18 heavy (non-hydrogen) atoms. The summed E-state index contributed by atoms with van der Waals surface area (Å²) in [5, 5.41) is 0. The first kappa shape index (κ1) is 14.7. The average Bonchev–Trinajstić information content (AvgIpc) is 2.42. The number of rotatable bonds is 9. The molecule has 0 N–H and O–H groups in total. The zero-order valence-electron chi connectivity index (χ0n) is 11.4. The topological polar surface area (TPSA) is 39.2 Å². The quantitative estimate of drug-likeness (QED) is 0.490. The minimum atomic E-state index is 0.157. The molecule has 0 amide bonds. The number of Topliss-reactive ketones (excluding diaryl/α,β-unsaturated/α-hetero) is 1. The van der Waals surface area contributed by atoms with Crippen LogP contribution >= 0.6 is 0 Å².